The second-order valence-corrected chi connectivity index (χ2v) is 5.18. The summed E-state index contributed by atoms with van der Waals surface area (Å²) in [6, 6.07) is 4.12. The molecule has 0 atom stereocenters. The van der Waals surface area contributed by atoms with Crippen LogP contribution in [0.2, 0.25) is 0 Å². The maximum absolute atomic E-state index is 11.7. The zero-order chi connectivity index (χ0) is 15.5. The van der Waals surface area contributed by atoms with E-state index >= 15 is 0 Å². The molecule has 0 heterocycles. The lowest BCUT2D eigenvalue weighted by molar-refractivity contribution is -0.221. The van der Waals surface area contributed by atoms with Crippen molar-refractivity contribution in [3.8, 4) is 11.5 Å². The van der Waals surface area contributed by atoms with Crippen LogP contribution in [0.4, 0.5) is 0 Å². The molecule has 1 aliphatic rings. The summed E-state index contributed by atoms with van der Waals surface area (Å²) in [6.45, 7) is 0. The Morgan fingerprint density at radius 1 is 1.24 bits per heavy atom. The van der Waals surface area contributed by atoms with Gasteiger partial charge in [0.15, 0.2) is 11.5 Å². The molecule has 1 aromatic rings. The van der Waals surface area contributed by atoms with Crippen molar-refractivity contribution in [2.75, 3.05) is 0 Å². The summed E-state index contributed by atoms with van der Waals surface area (Å²) in [5.41, 5.74) is 0.508. The van der Waals surface area contributed by atoms with Crippen molar-refractivity contribution in [3.05, 3.63) is 29.8 Å². The number of hydrogen-bond acceptors (Lipinski definition) is 6. The Balaban J connectivity index is 1.94. The van der Waals surface area contributed by atoms with Crippen LogP contribution in [-0.4, -0.2) is 38.3 Å². The summed E-state index contributed by atoms with van der Waals surface area (Å²) in [5.74, 6) is -2.77. The molecule has 4 N–H and O–H groups in total. The molecule has 1 aliphatic carbocycles. The number of carbonyl (C=O) groups is 1. The Morgan fingerprint density at radius 3 is 2.52 bits per heavy atom. The van der Waals surface area contributed by atoms with Gasteiger partial charge in [0, 0.05) is 18.9 Å². The smallest absolute Gasteiger partial charge is 0.333 e. The van der Waals surface area contributed by atoms with Gasteiger partial charge in [-0.05, 0) is 36.6 Å². The van der Waals surface area contributed by atoms with Gasteiger partial charge >= 0.3 is 5.97 Å². The van der Waals surface area contributed by atoms with E-state index in [1.807, 2.05) is 0 Å². The zero-order valence-electron chi connectivity index (χ0n) is 11.4. The molecular formula is C15H18O6. The maximum atomic E-state index is 11.7. The zero-order valence-corrected chi connectivity index (χ0v) is 11.4. The van der Waals surface area contributed by atoms with Crippen molar-refractivity contribution in [1.29, 1.82) is 0 Å². The highest BCUT2D eigenvalue weighted by atomic mass is 16.7. The van der Waals surface area contributed by atoms with E-state index in [4.69, 9.17) is 4.74 Å². The van der Waals surface area contributed by atoms with Crippen LogP contribution in [0.25, 0.3) is 6.08 Å². The van der Waals surface area contributed by atoms with E-state index in [0.29, 0.717) is 18.4 Å². The Bertz CT molecular complexity index is 543. The normalized spacial score (nSPS) is 25.9. The second-order valence-electron chi connectivity index (χ2n) is 5.18. The molecule has 0 amide bonds. The minimum Gasteiger partial charge on any atom is -0.504 e. The predicted molar refractivity (Wildman–Crippen MR) is 74.3 cm³/mol. The molecule has 0 spiro atoms. The average molecular weight is 294 g/mol. The third kappa shape index (κ3) is 4.21. The molecule has 0 aliphatic heterocycles. The molecule has 0 bridgehead atoms. The lowest BCUT2D eigenvalue weighted by atomic mass is 9.92. The first-order valence-corrected chi connectivity index (χ1v) is 6.71. The van der Waals surface area contributed by atoms with Gasteiger partial charge in [0.05, 0.1) is 6.10 Å². The second kappa shape index (κ2) is 6.15. The van der Waals surface area contributed by atoms with E-state index in [0.717, 1.165) is 6.08 Å². The molecule has 1 fully saturated rings. The minimum absolute atomic E-state index is 0.202. The Kier molecular flexibility index (Phi) is 4.50. The van der Waals surface area contributed by atoms with Crippen LogP contribution >= 0.6 is 0 Å². The van der Waals surface area contributed by atoms with Gasteiger partial charge in [-0.2, -0.15) is 0 Å². The monoisotopic (exact) mass is 294 g/mol. The van der Waals surface area contributed by atoms with E-state index in [9.17, 15) is 25.2 Å². The summed E-state index contributed by atoms with van der Waals surface area (Å²) >= 11 is 0. The van der Waals surface area contributed by atoms with Crippen LogP contribution in [0.1, 0.15) is 31.2 Å². The minimum atomic E-state index is -1.53. The van der Waals surface area contributed by atoms with Gasteiger partial charge in [0.25, 0.3) is 0 Å². The molecule has 2 rings (SSSR count). The molecule has 6 heteroatoms. The molecular weight excluding hydrogens is 276 g/mol. The van der Waals surface area contributed by atoms with Crippen LogP contribution < -0.4 is 0 Å². The molecule has 6 nitrogen and oxygen atoms in total. The largest absolute Gasteiger partial charge is 0.504 e. The van der Waals surface area contributed by atoms with Crippen molar-refractivity contribution in [1.82, 2.24) is 0 Å². The van der Waals surface area contributed by atoms with Crippen molar-refractivity contribution in [2.24, 2.45) is 0 Å². The highest BCUT2D eigenvalue weighted by molar-refractivity contribution is 5.87. The van der Waals surface area contributed by atoms with Crippen LogP contribution in [0.15, 0.2) is 24.3 Å². The van der Waals surface area contributed by atoms with Crippen molar-refractivity contribution >= 4 is 12.0 Å². The number of phenolic OH excluding ortho intramolecular Hbond substituents is 2. The Labute approximate surface area is 121 Å². The molecule has 114 valence electrons. The fourth-order valence-corrected chi connectivity index (χ4v) is 2.19. The van der Waals surface area contributed by atoms with Crippen LogP contribution in [-0.2, 0) is 9.53 Å². The fourth-order valence-electron chi connectivity index (χ4n) is 2.19. The maximum Gasteiger partial charge on any atom is 0.333 e. The number of rotatable bonds is 3. The number of aromatic hydroxyl groups is 2. The number of aliphatic hydroxyl groups excluding tert-OH is 1. The fraction of sp³-hybridized carbons (Fsp3) is 0.400. The third-order valence-electron chi connectivity index (χ3n) is 3.44. The summed E-state index contributed by atoms with van der Waals surface area (Å²) < 4.78 is 5.01. The SMILES string of the molecule is O=C(C=Cc1ccc(O)c(O)c1)O[C@]1(O)CC[C@@H](O)CC1. The number of esters is 1. The molecule has 1 saturated carbocycles. The molecule has 0 aromatic heterocycles. The average Bonchev–Trinajstić information content (AvgIpc) is 2.44. The third-order valence-corrected chi connectivity index (χ3v) is 3.44. The number of ether oxygens (including phenoxy) is 1. The topological polar surface area (TPSA) is 107 Å². The lowest BCUT2D eigenvalue weighted by Gasteiger charge is -2.33. The number of aliphatic hydroxyl groups is 2. The highest BCUT2D eigenvalue weighted by Gasteiger charge is 2.35. The van der Waals surface area contributed by atoms with E-state index in [2.05, 4.69) is 0 Å². The van der Waals surface area contributed by atoms with E-state index < -0.39 is 17.9 Å². The molecule has 0 saturated heterocycles. The van der Waals surface area contributed by atoms with Crippen LogP contribution in [0.3, 0.4) is 0 Å². The van der Waals surface area contributed by atoms with Gasteiger partial charge in [-0.3, -0.25) is 0 Å². The Morgan fingerprint density at radius 2 is 1.90 bits per heavy atom. The number of carbonyl (C=O) groups excluding carboxylic acids is 1. The summed E-state index contributed by atoms with van der Waals surface area (Å²) in [7, 11) is 0. The molecule has 21 heavy (non-hydrogen) atoms. The van der Waals surface area contributed by atoms with Crippen LogP contribution in [0, 0.1) is 0 Å². The van der Waals surface area contributed by atoms with Gasteiger partial charge in [-0.15, -0.1) is 0 Å². The molecule has 1 aromatic carbocycles. The summed E-state index contributed by atoms with van der Waals surface area (Å²) in [5, 5.41) is 37.9. The van der Waals surface area contributed by atoms with Crippen molar-refractivity contribution in [3.63, 3.8) is 0 Å². The quantitative estimate of drug-likeness (QED) is 0.289. The van der Waals surface area contributed by atoms with Gasteiger partial charge in [-0.25, -0.2) is 4.79 Å². The number of benzene rings is 1. The van der Waals surface area contributed by atoms with E-state index in [1.165, 1.54) is 24.3 Å². The van der Waals surface area contributed by atoms with Crippen LogP contribution in [0.5, 0.6) is 11.5 Å². The summed E-state index contributed by atoms with van der Waals surface area (Å²) in [4.78, 5) is 11.7. The first-order chi connectivity index (χ1) is 9.88. The number of phenols is 2. The van der Waals surface area contributed by atoms with E-state index in [1.54, 1.807) is 0 Å². The molecule has 0 radical (unpaired) electrons. The first kappa shape index (κ1) is 15.3. The van der Waals surface area contributed by atoms with Gasteiger partial charge in [-0.1, -0.05) is 6.07 Å². The van der Waals surface area contributed by atoms with Gasteiger partial charge in [0.2, 0.25) is 5.79 Å². The van der Waals surface area contributed by atoms with E-state index in [-0.39, 0.29) is 24.3 Å². The lowest BCUT2D eigenvalue weighted by Crippen LogP contribution is -2.39. The predicted octanol–water partition coefficient (Wildman–Crippen LogP) is 1.28. The van der Waals surface area contributed by atoms with Crippen molar-refractivity contribution < 1.29 is 30.0 Å². The first-order valence-electron chi connectivity index (χ1n) is 6.71. The van der Waals surface area contributed by atoms with Crippen molar-refractivity contribution in [2.45, 2.75) is 37.6 Å². The molecule has 0 unspecified atom stereocenters. The Hall–Kier alpha value is -2.05. The standard InChI is InChI=1S/C15H18O6/c16-11-5-7-15(20,8-6-11)21-14(19)4-2-10-1-3-12(17)13(18)9-10/h1-4,9,11,16-18,20H,5-8H2/t11-,15-. The van der Waals surface area contributed by atoms with Gasteiger partial charge in [0.1, 0.15) is 0 Å². The van der Waals surface area contributed by atoms with Gasteiger partial charge < -0.3 is 25.2 Å². The summed E-state index contributed by atoms with van der Waals surface area (Å²) in [6.07, 6.45) is 3.26. The highest BCUT2D eigenvalue weighted by Crippen LogP contribution is 2.30. The number of hydrogen-bond donors (Lipinski definition) is 4.